The van der Waals surface area contributed by atoms with Crippen LogP contribution in [-0.2, 0) is 9.59 Å². The van der Waals surface area contributed by atoms with Gasteiger partial charge in [0.25, 0.3) is 0 Å². The number of amides is 1. The fourth-order valence-corrected chi connectivity index (χ4v) is 2.20. The van der Waals surface area contributed by atoms with Gasteiger partial charge < -0.3 is 10.0 Å². The minimum atomic E-state index is -0.737. The van der Waals surface area contributed by atoms with Crippen molar-refractivity contribution >= 4 is 11.9 Å². The van der Waals surface area contributed by atoms with Crippen LogP contribution < -0.4 is 0 Å². The standard InChI is InChI=1S/C12H22N2O3/c1-4-12(11(16)17)6-7-14(9-12)8-10(15)13(3)5-2/h4-9H2,1-3H3,(H,16,17). The molecule has 1 fully saturated rings. The maximum absolute atomic E-state index is 11.7. The van der Waals surface area contributed by atoms with Crippen molar-refractivity contribution in [1.82, 2.24) is 9.80 Å². The number of carboxylic acid groups (broad SMARTS) is 1. The van der Waals surface area contributed by atoms with Crippen molar-refractivity contribution in [2.75, 3.05) is 33.2 Å². The van der Waals surface area contributed by atoms with Crippen LogP contribution in [0.3, 0.4) is 0 Å². The van der Waals surface area contributed by atoms with E-state index in [1.807, 2.05) is 18.7 Å². The summed E-state index contributed by atoms with van der Waals surface area (Å²) < 4.78 is 0. The van der Waals surface area contributed by atoms with Gasteiger partial charge in [0, 0.05) is 20.1 Å². The highest BCUT2D eigenvalue weighted by atomic mass is 16.4. The molecule has 0 bridgehead atoms. The average Bonchev–Trinajstić information content (AvgIpc) is 2.72. The number of aliphatic carboxylic acids is 1. The molecule has 1 rings (SSSR count). The van der Waals surface area contributed by atoms with Crippen LogP contribution in [0.15, 0.2) is 0 Å². The Morgan fingerprint density at radius 2 is 2.06 bits per heavy atom. The van der Waals surface area contributed by atoms with Gasteiger partial charge >= 0.3 is 5.97 Å². The van der Waals surface area contributed by atoms with E-state index in [-0.39, 0.29) is 5.91 Å². The van der Waals surface area contributed by atoms with E-state index in [0.29, 0.717) is 39.0 Å². The molecule has 0 aromatic carbocycles. The lowest BCUT2D eigenvalue weighted by molar-refractivity contribution is -0.148. The third-order valence-corrected chi connectivity index (χ3v) is 3.82. The number of likely N-dealkylation sites (N-methyl/N-ethyl adjacent to an activating group) is 1. The molecule has 0 spiro atoms. The quantitative estimate of drug-likeness (QED) is 0.769. The molecule has 1 atom stereocenters. The second-order valence-electron chi connectivity index (χ2n) is 4.81. The lowest BCUT2D eigenvalue weighted by Gasteiger charge is -2.24. The summed E-state index contributed by atoms with van der Waals surface area (Å²) in [5, 5.41) is 9.25. The number of likely N-dealkylation sites (tertiary alicyclic amines) is 1. The molecule has 1 aliphatic rings. The van der Waals surface area contributed by atoms with Crippen molar-refractivity contribution in [1.29, 1.82) is 0 Å². The van der Waals surface area contributed by atoms with Gasteiger partial charge in [-0.15, -0.1) is 0 Å². The van der Waals surface area contributed by atoms with Crippen LogP contribution in [0.4, 0.5) is 0 Å². The molecule has 0 aromatic heterocycles. The predicted molar refractivity (Wildman–Crippen MR) is 64.7 cm³/mol. The topological polar surface area (TPSA) is 60.9 Å². The molecule has 0 aliphatic carbocycles. The van der Waals surface area contributed by atoms with Crippen molar-refractivity contribution < 1.29 is 14.7 Å². The Bertz CT molecular complexity index is 306. The van der Waals surface area contributed by atoms with Crippen molar-refractivity contribution in [3.8, 4) is 0 Å². The summed E-state index contributed by atoms with van der Waals surface area (Å²) in [5.74, 6) is -0.677. The molecule has 0 saturated carbocycles. The Morgan fingerprint density at radius 1 is 1.41 bits per heavy atom. The van der Waals surface area contributed by atoms with Gasteiger partial charge in [-0.05, 0) is 26.3 Å². The van der Waals surface area contributed by atoms with Crippen molar-refractivity contribution in [2.45, 2.75) is 26.7 Å². The van der Waals surface area contributed by atoms with Gasteiger partial charge in [-0.2, -0.15) is 0 Å². The number of carbonyl (C=O) groups excluding carboxylic acids is 1. The van der Waals surface area contributed by atoms with E-state index in [2.05, 4.69) is 0 Å². The van der Waals surface area contributed by atoms with E-state index in [1.54, 1.807) is 11.9 Å². The molecule has 1 aliphatic heterocycles. The first kappa shape index (κ1) is 14.0. The maximum atomic E-state index is 11.7. The highest BCUT2D eigenvalue weighted by Gasteiger charge is 2.43. The molecule has 5 nitrogen and oxygen atoms in total. The molecular weight excluding hydrogens is 220 g/mol. The molecule has 5 heteroatoms. The largest absolute Gasteiger partial charge is 0.481 e. The van der Waals surface area contributed by atoms with Gasteiger partial charge in [0.05, 0.1) is 12.0 Å². The first-order chi connectivity index (χ1) is 7.95. The van der Waals surface area contributed by atoms with Crippen molar-refractivity contribution in [2.24, 2.45) is 5.41 Å². The van der Waals surface area contributed by atoms with Gasteiger partial charge in [0.2, 0.25) is 5.91 Å². The molecule has 1 saturated heterocycles. The van der Waals surface area contributed by atoms with E-state index in [4.69, 9.17) is 0 Å². The zero-order valence-corrected chi connectivity index (χ0v) is 10.9. The molecule has 1 heterocycles. The summed E-state index contributed by atoms with van der Waals surface area (Å²) >= 11 is 0. The van der Waals surface area contributed by atoms with Crippen LogP contribution in [0.1, 0.15) is 26.7 Å². The van der Waals surface area contributed by atoms with Crippen LogP contribution in [0.5, 0.6) is 0 Å². The molecule has 1 unspecified atom stereocenters. The minimum absolute atomic E-state index is 0.0600. The third-order valence-electron chi connectivity index (χ3n) is 3.82. The van der Waals surface area contributed by atoms with Crippen LogP contribution in [-0.4, -0.2) is 60.0 Å². The molecule has 1 amide bonds. The third kappa shape index (κ3) is 2.97. The Morgan fingerprint density at radius 3 is 2.47 bits per heavy atom. The highest BCUT2D eigenvalue weighted by Crippen LogP contribution is 2.33. The van der Waals surface area contributed by atoms with E-state index in [9.17, 15) is 14.7 Å². The van der Waals surface area contributed by atoms with Gasteiger partial charge in [-0.1, -0.05) is 6.92 Å². The Hall–Kier alpha value is -1.10. The van der Waals surface area contributed by atoms with Gasteiger partial charge in [-0.25, -0.2) is 0 Å². The van der Waals surface area contributed by atoms with E-state index in [1.165, 1.54) is 0 Å². The number of carboxylic acids is 1. The van der Waals surface area contributed by atoms with Crippen molar-refractivity contribution in [3.05, 3.63) is 0 Å². The van der Waals surface area contributed by atoms with Crippen LogP contribution in [0.2, 0.25) is 0 Å². The van der Waals surface area contributed by atoms with E-state index in [0.717, 1.165) is 0 Å². The van der Waals surface area contributed by atoms with Crippen LogP contribution >= 0.6 is 0 Å². The first-order valence-corrected chi connectivity index (χ1v) is 6.15. The fourth-order valence-electron chi connectivity index (χ4n) is 2.20. The fraction of sp³-hybridized carbons (Fsp3) is 0.833. The van der Waals surface area contributed by atoms with E-state index < -0.39 is 11.4 Å². The number of nitrogens with zero attached hydrogens (tertiary/aromatic N) is 2. The number of hydrogen-bond donors (Lipinski definition) is 1. The summed E-state index contributed by atoms with van der Waals surface area (Å²) in [6.45, 7) is 6.03. The summed E-state index contributed by atoms with van der Waals surface area (Å²) in [5.41, 5.74) is -0.648. The summed E-state index contributed by atoms with van der Waals surface area (Å²) in [7, 11) is 1.77. The average molecular weight is 242 g/mol. The highest BCUT2D eigenvalue weighted by molar-refractivity contribution is 5.79. The molecule has 0 radical (unpaired) electrons. The monoisotopic (exact) mass is 242 g/mol. The zero-order valence-electron chi connectivity index (χ0n) is 10.9. The van der Waals surface area contributed by atoms with Crippen molar-refractivity contribution in [3.63, 3.8) is 0 Å². The summed E-state index contributed by atoms with van der Waals surface area (Å²) in [4.78, 5) is 26.6. The Kier molecular flexibility index (Phi) is 4.51. The Balaban J connectivity index is 2.56. The second kappa shape index (κ2) is 5.49. The summed E-state index contributed by atoms with van der Waals surface area (Å²) in [6.07, 6.45) is 1.26. The Labute approximate surface area is 102 Å². The number of rotatable bonds is 5. The lowest BCUT2D eigenvalue weighted by Crippen LogP contribution is -2.39. The molecule has 98 valence electrons. The van der Waals surface area contributed by atoms with Crippen LogP contribution in [0.25, 0.3) is 0 Å². The molecule has 0 aromatic rings. The van der Waals surface area contributed by atoms with Gasteiger partial charge in [-0.3, -0.25) is 14.5 Å². The first-order valence-electron chi connectivity index (χ1n) is 6.15. The van der Waals surface area contributed by atoms with Gasteiger partial charge in [0.15, 0.2) is 0 Å². The molecule has 17 heavy (non-hydrogen) atoms. The second-order valence-corrected chi connectivity index (χ2v) is 4.81. The van der Waals surface area contributed by atoms with Crippen LogP contribution in [0, 0.1) is 5.41 Å². The SMILES string of the molecule is CCN(C)C(=O)CN1CCC(CC)(C(=O)O)C1. The molecule has 1 N–H and O–H groups in total. The summed E-state index contributed by atoms with van der Waals surface area (Å²) in [6, 6.07) is 0. The number of carbonyl (C=O) groups is 2. The number of hydrogen-bond acceptors (Lipinski definition) is 3. The van der Waals surface area contributed by atoms with E-state index >= 15 is 0 Å². The minimum Gasteiger partial charge on any atom is -0.481 e. The smallest absolute Gasteiger partial charge is 0.310 e. The maximum Gasteiger partial charge on any atom is 0.310 e. The normalized spacial score (nSPS) is 24.9. The predicted octanol–water partition coefficient (Wildman–Crippen LogP) is 0.651. The zero-order chi connectivity index (χ0) is 13.1. The lowest BCUT2D eigenvalue weighted by atomic mass is 9.84. The van der Waals surface area contributed by atoms with Gasteiger partial charge in [0.1, 0.15) is 0 Å². The molecular formula is C12H22N2O3.